The number of nitrogens with zero attached hydrogens (tertiary/aromatic N) is 5. The molecule has 0 spiro atoms. The van der Waals surface area contributed by atoms with Gasteiger partial charge in [-0.3, -0.25) is 4.98 Å². The Morgan fingerprint density at radius 2 is 2.00 bits per heavy atom. The number of hydrogen-bond donors (Lipinski definition) is 0. The van der Waals surface area contributed by atoms with E-state index in [9.17, 15) is 0 Å². The predicted molar refractivity (Wildman–Crippen MR) is 81.2 cm³/mol. The van der Waals surface area contributed by atoms with Gasteiger partial charge in [-0.15, -0.1) is 0 Å². The van der Waals surface area contributed by atoms with E-state index in [-0.39, 0.29) is 0 Å². The summed E-state index contributed by atoms with van der Waals surface area (Å²) in [4.78, 5) is 12.9. The minimum Gasteiger partial charge on any atom is -0.262 e. The van der Waals surface area contributed by atoms with Gasteiger partial charge in [0.1, 0.15) is 5.82 Å². The summed E-state index contributed by atoms with van der Waals surface area (Å²) in [6.07, 6.45) is 8.32. The van der Waals surface area contributed by atoms with E-state index in [0.29, 0.717) is 0 Å². The third-order valence-electron chi connectivity index (χ3n) is 3.43. The molecule has 21 heavy (non-hydrogen) atoms. The second-order valence-electron chi connectivity index (χ2n) is 4.92. The average molecular weight is 279 g/mol. The van der Waals surface area contributed by atoms with Crippen LogP contribution in [0.2, 0.25) is 0 Å². The average Bonchev–Trinajstić information content (AvgIpc) is 2.92. The van der Waals surface area contributed by atoms with E-state index in [1.807, 2.05) is 43.1 Å². The van der Waals surface area contributed by atoms with Crippen molar-refractivity contribution in [3.05, 3.63) is 54.1 Å². The van der Waals surface area contributed by atoms with Crippen molar-refractivity contribution in [1.82, 2.24) is 24.7 Å². The normalized spacial score (nSPS) is 10.8. The molecule has 0 atom stereocenters. The highest BCUT2D eigenvalue weighted by molar-refractivity contribution is 5.67. The van der Waals surface area contributed by atoms with Crippen molar-refractivity contribution in [2.24, 2.45) is 0 Å². The van der Waals surface area contributed by atoms with E-state index >= 15 is 0 Å². The van der Waals surface area contributed by atoms with Gasteiger partial charge in [0.05, 0.1) is 17.6 Å². The fraction of sp³-hybridized carbons (Fsp3) is 0.250. The highest BCUT2D eigenvalue weighted by Gasteiger charge is 2.13. The monoisotopic (exact) mass is 279 g/mol. The van der Waals surface area contributed by atoms with Crippen molar-refractivity contribution in [3.63, 3.8) is 0 Å². The molecule has 5 nitrogen and oxygen atoms in total. The quantitative estimate of drug-likeness (QED) is 0.739. The molecule has 3 heterocycles. The molecule has 0 aliphatic heterocycles. The molecule has 0 bridgehead atoms. The van der Waals surface area contributed by atoms with Crippen LogP contribution in [0.5, 0.6) is 0 Å². The molecule has 0 saturated carbocycles. The summed E-state index contributed by atoms with van der Waals surface area (Å²) in [6.45, 7) is 6.01. The molecule has 3 aromatic rings. The van der Waals surface area contributed by atoms with E-state index in [1.54, 1.807) is 12.4 Å². The van der Waals surface area contributed by atoms with Crippen molar-refractivity contribution >= 4 is 0 Å². The standard InChI is InChI=1S/C16H17N5/c1-4-16-15(14-9-18-12(3)19-11(14)2)10-21(20-16)13-6-5-7-17-8-13/h5-10H,4H2,1-3H3. The van der Waals surface area contributed by atoms with Gasteiger partial charge in [-0.05, 0) is 32.4 Å². The summed E-state index contributed by atoms with van der Waals surface area (Å²) >= 11 is 0. The van der Waals surface area contributed by atoms with Gasteiger partial charge in [0.25, 0.3) is 0 Å². The van der Waals surface area contributed by atoms with Gasteiger partial charge in [-0.25, -0.2) is 14.6 Å². The van der Waals surface area contributed by atoms with Crippen LogP contribution < -0.4 is 0 Å². The fourth-order valence-electron chi connectivity index (χ4n) is 2.36. The smallest absolute Gasteiger partial charge is 0.125 e. The molecule has 0 aromatic carbocycles. The lowest BCUT2D eigenvalue weighted by Crippen LogP contribution is -1.95. The minimum atomic E-state index is 0.786. The minimum absolute atomic E-state index is 0.786. The lowest BCUT2D eigenvalue weighted by atomic mass is 10.1. The van der Waals surface area contributed by atoms with Crippen LogP contribution in [-0.2, 0) is 6.42 Å². The molecule has 0 radical (unpaired) electrons. The maximum atomic E-state index is 4.66. The number of pyridine rings is 1. The van der Waals surface area contributed by atoms with Gasteiger partial charge in [0.2, 0.25) is 0 Å². The zero-order valence-electron chi connectivity index (χ0n) is 12.4. The first-order chi connectivity index (χ1) is 10.2. The number of hydrogen-bond acceptors (Lipinski definition) is 4. The summed E-state index contributed by atoms with van der Waals surface area (Å²) in [5.41, 5.74) is 5.08. The van der Waals surface area contributed by atoms with Crippen LogP contribution in [0, 0.1) is 13.8 Å². The zero-order chi connectivity index (χ0) is 14.8. The van der Waals surface area contributed by atoms with Gasteiger partial charge >= 0.3 is 0 Å². The number of aromatic nitrogens is 5. The Kier molecular flexibility index (Phi) is 3.48. The van der Waals surface area contributed by atoms with E-state index in [0.717, 1.165) is 40.4 Å². The Labute approximate surface area is 123 Å². The molecule has 106 valence electrons. The Hall–Kier alpha value is -2.56. The Morgan fingerprint density at radius 3 is 2.67 bits per heavy atom. The van der Waals surface area contributed by atoms with Crippen LogP contribution in [0.15, 0.2) is 36.9 Å². The van der Waals surface area contributed by atoms with Crippen molar-refractivity contribution in [2.45, 2.75) is 27.2 Å². The lowest BCUT2D eigenvalue weighted by Gasteiger charge is -2.04. The molecule has 0 amide bonds. The molecule has 3 rings (SSSR count). The fourth-order valence-corrected chi connectivity index (χ4v) is 2.36. The number of rotatable bonds is 3. The maximum Gasteiger partial charge on any atom is 0.125 e. The SMILES string of the molecule is CCc1nn(-c2cccnc2)cc1-c1cnc(C)nc1C. The summed E-state index contributed by atoms with van der Waals surface area (Å²) in [5.74, 6) is 0.786. The molecule has 0 saturated heterocycles. The van der Waals surface area contributed by atoms with Gasteiger partial charge in [0, 0.05) is 35.4 Å². The highest BCUT2D eigenvalue weighted by atomic mass is 15.3. The summed E-state index contributed by atoms with van der Waals surface area (Å²) in [7, 11) is 0. The molecule has 3 aromatic heterocycles. The van der Waals surface area contributed by atoms with Gasteiger partial charge < -0.3 is 0 Å². The third kappa shape index (κ3) is 2.54. The molecule has 0 unspecified atom stereocenters. The molecule has 0 fully saturated rings. The van der Waals surface area contributed by atoms with Crippen LogP contribution in [0.25, 0.3) is 16.8 Å². The topological polar surface area (TPSA) is 56.5 Å². The van der Waals surface area contributed by atoms with Crippen LogP contribution in [-0.4, -0.2) is 24.7 Å². The molecular weight excluding hydrogens is 262 g/mol. The van der Waals surface area contributed by atoms with Gasteiger partial charge in [-0.2, -0.15) is 5.10 Å². The van der Waals surface area contributed by atoms with Crippen molar-refractivity contribution < 1.29 is 0 Å². The number of aryl methyl sites for hydroxylation is 3. The first-order valence-corrected chi connectivity index (χ1v) is 6.98. The second-order valence-corrected chi connectivity index (χ2v) is 4.92. The van der Waals surface area contributed by atoms with Crippen molar-refractivity contribution in [1.29, 1.82) is 0 Å². The summed E-state index contributed by atoms with van der Waals surface area (Å²) < 4.78 is 1.86. The summed E-state index contributed by atoms with van der Waals surface area (Å²) in [6, 6.07) is 3.89. The van der Waals surface area contributed by atoms with E-state index < -0.39 is 0 Å². The predicted octanol–water partition coefficient (Wildman–Crippen LogP) is 2.90. The molecular formula is C16H17N5. The lowest BCUT2D eigenvalue weighted by molar-refractivity contribution is 0.837. The third-order valence-corrected chi connectivity index (χ3v) is 3.43. The van der Waals surface area contributed by atoms with Gasteiger partial charge in [0.15, 0.2) is 0 Å². The van der Waals surface area contributed by atoms with Crippen LogP contribution in [0.3, 0.4) is 0 Å². The van der Waals surface area contributed by atoms with Crippen LogP contribution in [0.1, 0.15) is 24.1 Å². The van der Waals surface area contributed by atoms with Crippen LogP contribution in [0.4, 0.5) is 0 Å². The maximum absolute atomic E-state index is 4.66. The Morgan fingerprint density at radius 1 is 1.14 bits per heavy atom. The van der Waals surface area contributed by atoms with E-state index in [4.69, 9.17) is 0 Å². The first kappa shape index (κ1) is 13.4. The van der Waals surface area contributed by atoms with E-state index in [2.05, 4.69) is 27.0 Å². The molecule has 0 aliphatic rings. The van der Waals surface area contributed by atoms with Crippen molar-refractivity contribution in [3.8, 4) is 16.8 Å². The Bertz CT molecular complexity index is 762. The second kappa shape index (κ2) is 5.44. The molecule has 0 N–H and O–H groups in total. The van der Waals surface area contributed by atoms with Crippen LogP contribution >= 0.6 is 0 Å². The van der Waals surface area contributed by atoms with Gasteiger partial charge in [-0.1, -0.05) is 6.92 Å². The molecule has 5 heteroatoms. The Balaban J connectivity index is 2.12. The van der Waals surface area contributed by atoms with E-state index in [1.165, 1.54) is 0 Å². The molecule has 0 aliphatic carbocycles. The summed E-state index contributed by atoms with van der Waals surface area (Å²) in [5, 5.41) is 4.66. The largest absolute Gasteiger partial charge is 0.262 e. The first-order valence-electron chi connectivity index (χ1n) is 6.98. The highest BCUT2D eigenvalue weighted by Crippen LogP contribution is 2.26. The zero-order valence-corrected chi connectivity index (χ0v) is 12.4. The van der Waals surface area contributed by atoms with Crippen molar-refractivity contribution in [2.75, 3.05) is 0 Å².